The van der Waals surface area contributed by atoms with Crippen LogP contribution in [0.4, 0.5) is 0 Å². The fourth-order valence-corrected chi connectivity index (χ4v) is 6.31. The molecule has 3 aliphatic rings. The molecule has 0 spiro atoms. The van der Waals surface area contributed by atoms with Gasteiger partial charge in [-0.1, -0.05) is 31.2 Å². The predicted octanol–water partition coefficient (Wildman–Crippen LogP) is 3.07. The van der Waals surface area contributed by atoms with E-state index in [0.29, 0.717) is 35.7 Å². The van der Waals surface area contributed by atoms with Gasteiger partial charge in [-0.25, -0.2) is 0 Å². The van der Waals surface area contributed by atoms with Crippen LogP contribution in [0, 0.1) is 0 Å². The lowest BCUT2D eigenvalue weighted by molar-refractivity contribution is -0.124. The summed E-state index contributed by atoms with van der Waals surface area (Å²) in [5, 5.41) is 3.22. The van der Waals surface area contributed by atoms with Gasteiger partial charge in [0.2, 0.25) is 5.91 Å². The average molecular weight is 521 g/mol. The van der Waals surface area contributed by atoms with Crippen molar-refractivity contribution in [3.05, 3.63) is 58.7 Å². The zero-order valence-corrected chi connectivity index (χ0v) is 22.9. The number of fused-ring (bicyclic) bond motifs is 4. The summed E-state index contributed by atoms with van der Waals surface area (Å²) in [6, 6.07) is 11.4. The van der Waals surface area contributed by atoms with Gasteiger partial charge in [0.25, 0.3) is 5.91 Å². The first-order chi connectivity index (χ1) is 18.5. The highest BCUT2D eigenvalue weighted by Gasteiger charge is 2.46. The van der Waals surface area contributed by atoms with Gasteiger partial charge in [0.15, 0.2) is 11.5 Å². The van der Waals surface area contributed by atoms with Gasteiger partial charge in [-0.05, 0) is 61.2 Å². The summed E-state index contributed by atoms with van der Waals surface area (Å²) >= 11 is 0. The van der Waals surface area contributed by atoms with E-state index in [1.165, 1.54) is 18.5 Å². The van der Waals surface area contributed by atoms with E-state index in [1.54, 1.807) is 20.3 Å². The number of carbonyl (C=O) groups excluding carboxylic acids is 2. The Balaban J connectivity index is 1.36. The van der Waals surface area contributed by atoms with Crippen LogP contribution in [0.3, 0.4) is 0 Å². The van der Waals surface area contributed by atoms with E-state index in [0.717, 1.165) is 51.1 Å². The number of benzene rings is 2. The number of hydrogen-bond donors (Lipinski definition) is 1. The lowest BCUT2D eigenvalue weighted by Gasteiger charge is -2.45. The Kier molecular flexibility index (Phi) is 8.19. The lowest BCUT2D eigenvalue weighted by Crippen LogP contribution is -2.50. The summed E-state index contributed by atoms with van der Waals surface area (Å²) in [6.07, 6.45) is 2.87. The summed E-state index contributed by atoms with van der Waals surface area (Å²) < 4.78 is 11.1. The molecule has 3 heterocycles. The lowest BCUT2D eigenvalue weighted by atomic mass is 9.75. The van der Waals surface area contributed by atoms with Gasteiger partial charge < -0.3 is 29.5 Å². The maximum absolute atomic E-state index is 13.9. The topological polar surface area (TPSA) is 74.4 Å². The highest BCUT2D eigenvalue weighted by atomic mass is 16.5. The Labute approximate surface area is 225 Å². The molecule has 0 saturated carbocycles. The van der Waals surface area contributed by atoms with E-state index in [4.69, 9.17) is 9.47 Å². The number of methoxy groups -OCH3 is 2. The Morgan fingerprint density at radius 3 is 2.34 bits per heavy atom. The molecule has 1 saturated heterocycles. The van der Waals surface area contributed by atoms with E-state index < -0.39 is 5.92 Å². The molecule has 0 aromatic heterocycles. The Bertz CT molecular complexity index is 1160. The number of rotatable bonds is 9. The van der Waals surface area contributed by atoms with E-state index in [-0.39, 0.29) is 17.9 Å². The summed E-state index contributed by atoms with van der Waals surface area (Å²) in [5.74, 6) is 0.379. The number of amides is 2. The molecular weight excluding hydrogens is 480 g/mol. The summed E-state index contributed by atoms with van der Waals surface area (Å²) in [5.41, 5.74) is 3.47. The minimum atomic E-state index is -0.526. The van der Waals surface area contributed by atoms with E-state index >= 15 is 0 Å². The van der Waals surface area contributed by atoms with Crippen LogP contribution in [0.25, 0.3) is 0 Å². The van der Waals surface area contributed by atoms with Crippen molar-refractivity contribution in [2.24, 2.45) is 0 Å². The Morgan fingerprint density at radius 1 is 0.947 bits per heavy atom. The molecular formula is C30H40N4O4. The molecule has 0 aliphatic carbocycles. The quantitative estimate of drug-likeness (QED) is 0.513. The van der Waals surface area contributed by atoms with Gasteiger partial charge >= 0.3 is 0 Å². The van der Waals surface area contributed by atoms with Crippen molar-refractivity contribution in [1.29, 1.82) is 0 Å². The third-order valence-corrected chi connectivity index (χ3v) is 8.27. The summed E-state index contributed by atoms with van der Waals surface area (Å²) in [6.45, 7) is 9.98. The molecule has 8 heteroatoms. The fourth-order valence-electron chi connectivity index (χ4n) is 6.31. The first-order valence-electron chi connectivity index (χ1n) is 13.9. The SMILES string of the molecule is CCCN1CCN(CCCNC(=O)C2c3cc(OC)c(OC)cc3C(=O)N3CCc4ccccc4C23)CC1. The van der Waals surface area contributed by atoms with Crippen molar-refractivity contribution >= 4 is 11.8 Å². The molecule has 2 unspecified atom stereocenters. The van der Waals surface area contributed by atoms with Crippen molar-refractivity contribution in [3.8, 4) is 11.5 Å². The van der Waals surface area contributed by atoms with Crippen LogP contribution in [0.2, 0.25) is 0 Å². The second kappa shape index (κ2) is 11.7. The number of ether oxygens (including phenoxy) is 2. The van der Waals surface area contributed by atoms with Crippen molar-refractivity contribution in [2.75, 3.05) is 66.6 Å². The van der Waals surface area contributed by atoms with E-state index in [2.05, 4.69) is 34.2 Å². The molecule has 2 amide bonds. The number of hydrogen-bond acceptors (Lipinski definition) is 6. The number of piperazine rings is 1. The number of nitrogens with zero attached hydrogens (tertiary/aromatic N) is 3. The molecule has 1 N–H and O–H groups in total. The van der Waals surface area contributed by atoms with Crippen LogP contribution in [0.5, 0.6) is 11.5 Å². The normalized spacial score (nSPS) is 21.3. The van der Waals surface area contributed by atoms with E-state index in [1.807, 2.05) is 23.1 Å². The molecule has 204 valence electrons. The van der Waals surface area contributed by atoms with Gasteiger partial charge in [0.05, 0.1) is 26.2 Å². The monoisotopic (exact) mass is 520 g/mol. The van der Waals surface area contributed by atoms with Gasteiger partial charge in [-0.3, -0.25) is 9.59 Å². The molecule has 8 nitrogen and oxygen atoms in total. The fraction of sp³-hybridized carbons (Fsp3) is 0.533. The standard InChI is InChI=1S/C30H40N4O4/c1-4-12-32-15-17-33(18-16-32)13-7-11-31-29(35)27-23-19-25(37-2)26(38-3)20-24(23)30(36)34-14-10-21-8-5-6-9-22(21)28(27)34/h5-6,8-9,19-20,27-28H,4,7,10-18H2,1-3H3,(H,31,35). The molecule has 0 radical (unpaired) electrons. The smallest absolute Gasteiger partial charge is 0.254 e. The van der Waals surface area contributed by atoms with Crippen LogP contribution in [-0.2, 0) is 11.2 Å². The van der Waals surface area contributed by atoms with Gasteiger partial charge in [-0.2, -0.15) is 0 Å². The van der Waals surface area contributed by atoms with Crippen molar-refractivity contribution < 1.29 is 19.1 Å². The maximum Gasteiger partial charge on any atom is 0.254 e. The van der Waals surface area contributed by atoms with Crippen molar-refractivity contribution in [3.63, 3.8) is 0 Å². The molecule has 2 aromatic rings. The zero-order chi connectivity index (χ0) is 26.6. The largest absolute Gasteiger partial charge is 0.493 e. The second-order valence-electron chi connectivity index (χ2n) is 10.5. The Hall–Kier alpha value is -3.10. The third kappa shape index (κ3) is 5.12. The molecule has 38 heavy (non-hydrogen) atoms. The average Bonchev–Trinajstić information content (AvgIpc) is 2.95. The van der Waals surface area contributed by atoms with Gasteiger partial charge in [0, 0.05) is 44.8 Å². The number of carbonyl (C=O) groups is 2. The predicted molar refractivity (Wildman–Crippen MR) is 147 cm³/mol. The van der Waals surface area contributed by atoms with Crippen LogP contribution in [-0.4, -0.2) is 93.1 Å². The van der Waals surface area contributed by atoms with E-state index in [9.17, 15) is 9.59 Å². The first kappa shape index (κ1) is 26.5. The second-order valence-corrected chi connectivity index (χ2v) is 10.5. The Morgan fingerprint density at radius 2 is 1.63 bits per heavy atom. The highest BCUT2D eigenvalue weighted by molar-refractivity contribution is 6.02. The zero-order valence-electron chi connectivity index (χ0n) is 22.9. The van der Waals surface area contributed by atoms with Crippen LogP contribution >= 0.6 is 0 Å². The molecule has 0 bridgehead atoms. The minimum absolute atomic E-state index is 0.0505. The van der Waals surface area contributed by atoms with Crippen molar-refractivity contribution in [1.82, 2.24) is 20.0 Å². The maximum atomic E-state index is 13.9. The van der Waals surface area contributed by atoms with Crippen molar-refractivity contribution in [2.45, 2.75) is 38.1 Å². The summed E-state index contributed by atoms with van der Waals surface area (Å²) in [4.78, 5) is 34.5. The molecule has 5 rings (SSSR count). The minimum Gasteiger partial charge on any atom is -0.493 e. The summed E-state index contributed by atoms with van der Waals surface area (Å²) in [7, 11) is 3.14. The molecule has 3 aliphatic heterocycles. The molecule has 2 atom stereocenters. The number of nitrogens with one attached hydrogen (secondary N) is 1. The third-order valence-electron chi connectivity index (χ3n) is 8.27. The first-order valence-corrected chi connectivity index (χ1v) is 13.9. The molecule has 2 aromatic carbocycles. The molecule has 1 fully saturated rings. The highest BCUT2D eigenvalue weighted by Crippen LogP contribution is 2.48. The van der Waals surface area contributed by atoms with Crippen LogP contribution in [0.15, 0.2) is 36.4 Å². The van der Waals surface area contributed by atoms with Gasteiger partial charge in [-0.15, -0.1) is 0 Å². The van der Waals surface area contributed by atoms with Crippen LogP contribution < -0.4 is 14.8 Å². The van der Waals surface area contributed by atoms with Gasteiger partial charge in [0.1, 0.15) is 0 Å². The van der Waals surface area contributed by atoms with Crippen LogP contribution in [0.1, 0.15) is 58.8 Å².